The van der Waals surface area contributed by atoms with Crippen LogP contribution in [0.5, 0.6) is 0 Å². The molecular weight excluding hydrogens is 256 g/mol. The Morgan fingerprint density at radius 3 is 2.52 bits per heavy atom. The van der Waals surface area contributed by atoms with Crippen molar-refractivity contribution >= 4 is 0 Å². The molecule has 4 rings (SSSR count). The monoisotopic (exact) mass is 284 g/mol. The molecule has 0 bridgehead atoms. The van der Waals surface area contributed by atoms with E-state index >= 15 is 0 Å². The van der Waals surface area contributed by atoms with Crippen LogP contribution in [0.3, 0.4) is 0 Å². The Bertz CT molecular complexity index is 450. The third kappa shape index (κ3) is 2.76. The fraction of sp³-hybridized carbons (Fsp3) is 0.684. The lowest BCUT2D eigenvalue weighted by Gasteiger charge is -2.44. The van der Waals surface area contributed by atoms with Crippen LogP contribution in [-0.2, 0) is 0 Å². The largest absolute Gasteiger partial charge is 0.315 e. The summed E-state index contributed by atoms with van der Waals surface area (Å²) in [5, 5.41) is 3.63. The molecule has 0 amide bonds. The Kier molecular flexibility index (Phi) is 4.00. The van der Waals surface area contributed by atoms with Gasteiger partial charge in [0, 0.05) is 18.6 Å². The van der Waals surface area contributed by atoms with Crippen LogP contribution in [0, 0.1) is 5.92 Å². The molecule has 2 heterocycles. The van der Waals surface area contributed by atoms with Crippen molar-refractivity contribution in [3.05, 3.63) is 35.9 Å². The van der Waals surface area contributed by atoms with E-state index in [0.29, 0.717) is 0 Å². The van der Waals surface area contributed by atoms with Gasteiger partial charge in [-0.2, -0.15) is 0 Å². The average Bonchev–Trinajstić information content (AvgIpc) is 3.04. The Balaban J connectivity index is 1.39. The molecule has 114 valence electrons. The summed E-state index contributed by atoms with van der Waals surface area (Å²) in [5.74, 6) is 1.75. The van der Waals surface area contributed by atoms with Gasteiger partial charge in [-0.15, -0.1) is 0 Å². The Hall–Kier alpha value is -0.860. The van der Waals surface area contributed by atoms with Crippen molar-refractivity contribution < 1.29 is 0 Å². The van der Waals surface area contributed by atoms with E-state index in [9.17, 15) is 0 Å². The molecular formula is C19H28N2. The fourth-order valence-electron chi connectivity index (χ4n) is 5.02. The highest BCUT2D eigenvalue weighted by Gasteiger charge is 2.39. The molecule has 2 atom stereocenters. The molecule has 1 aliphatic carbocycles. The number of hydrogen-bond acceptors (Lipinski definition) is 2. The molecule has 2 saturated heterocycles. The summed E-state index contributed by atoms with van der Waals surface area (Å²) in [6.45, 7) is 3.85. The molecule has 3 fully saturated rings. The zero-order valence-corrected chi connectivity index (χ0v) is 13.0. The standard InChI is InChI=1S/C19H28N2/c1-2-5-15(6-3-1)16-8-10-18(11-9-16)21-12-4-7-17-13-20-14-19(17)21/h1-3,5-6,16-20H,4,7-14H2. The van der Waals surface area contributed by atoms with Crippen LogP contribution < -0.4 is 5.32 Å². The van der Waals surface area contributed by atoms with Gasteiger partial charge in [-0.05, 0) is 69.0 Å². The van der Waals surface area contributed by atoms with Crippen LogP contribution in [0.15, 0.2) is 30.3 Å². The Labute approximate surface area is 128 Å². The fourth-order valence-corrected chi connectivity index (χ4v) is 5.02. The van der Waals surface area contributed by atoms with Gasteiger partial charge in [0.15, 0.2) is 0 Å². The maximum absolute atomic E-state index is 3.63. The second kappa shape index (κ2) is 6.10. The molecule has 0 spiro atoms. The molecule has 2 unspecified atom stereocenters. The van der Waals surface area contributed by atoms with Gasteiger partial charge in [0.05, 0.1) is 0 Å². The first-order valence-corrected chi connectivity index (χ1v) is 8.93. The molecule has 0 radical (unpaired) electrons. The topological polar surface area (TPSA) is 15.3 Å². The van der Waals surface area contributed by atoms with E-state index in [1.165, 1.54) is 58.2 Å². The minimum absolute atomic E-state index is 0.810. The number of nitrogens with one attached hydrogen (secondary N) is 1. The highest BCUT2D eigenvalue weighted by atomic mass is 15.2. The second-order valence-corrected chi connectivity index (χ2v) is 7.28. The lowest BCUT2D eigenvalue weighted by atomic mass is 9.79. The number of nitrogens with zero attached hydrogens (tertiary/aromatic N) is 1. The zero-order valence-electron chi connectivity index (χ0n) is 13.0. The van der Waals surface area contributed by atoms with E-state index in [2.05, 4.69) is 40.5 Å². The van der Waals surface area contributed by atoms with Crippen molar-refractivity contribution in [2.75, 3.05) is 19.6 Å². The van der Waals surface area contributed by atoms with Crippen molar-refractivity contribution in [2.45, 2.75) is 56.5 Å². The van der Waals surface area contributed by atoms with Crippen LogP contribution in [0.4, 0.5) is 0 Å². The van der Waals surface area contributed by atoms with Gasteiger partial charge in [0.1, 0.15) is 0 Å². The molecule has 1 N–H and O–H groups in total. The van der Waals surface area contributed by atoms with Gasteiger partial charge in [-0.25, -0.2) is 0 Å². The molecule has 2 aliphatic heterocycles. The summed E-state index contributed by atoms with van der Waals surface area (Å²) in [7, 11) is 0. The van der Waals surface area contributed by atoms with Crippen molar-refractivity contribution in [2.24, 2.45) is 5.92 Å². The zero-order chi connectivity index (χ0) is 14.1. The smallest absolute Gasteiger partial charge is 0.0263 e. The predicted molar refractivity (Wildman–Crippen MR) is 87.5 cm³/mol. The first-order chi connectivity index (χ1) is 10.4. The summed E-state index contributed by atoms with van der Waals surface area (Å²) < 4.78 is 0. The molecule has 1 aromatic rings. The number of hydrogen-bond donors (Lipinski definition) is 1. The minimum Gasteiger partial charge on any atom is -0.315 e. The third-order valence-corrected chi connectivity index (χ3v) is 6.16. The van der Waals surface area contributed by atoms with Gasteiger partial charge in [-0.3, -0.25) is 4.90 Å². The number of piperidine rings is 1. The molecule has 1 saturated carbocycles. The van der Waals surface area contributed by atoms with Crippen molar-refractivity contribution in [3.8, 4) is 0 Å². The van der Waals surface area contributed by atoms with E-state index < -0.39 is 0 Å². The van der Waals surface area contributed by atoms with Gasteiger partial charge in [0.2, 0.25) is 0 Å². The molecule has 3 aliphatic rings. The van der Waals surface area contributed by atoms with Gasteiger partial charge < -0.3 is 5.32 Å². The normalized spacial score (nSPS) is 37.3. The summed E-state index contributed by atoms with van der Waals surface area (Å²) in [6, 6.07) is 12.9. The highest BCUT2D eigenvalue weighted by Crippen LogP contribution is 2.38. The van der Waals surface area contributed by atoms with Crippen molar-refractivity contribution in [1.29, 1.82) is 0 Å². The number of rotatable bonds is 2. The second-order valence-electron chi connectivity index (χ2n) is 7.28. The Morgan fingerprint density at radius 1 is 0.905 bits per heavy atom. The molecule has 1 aromatic carbocycles. The first-order valence-electron chi connectivity index (χ1n) is 8.93. The van der Waals surface area contributed by atoms with Crippen molar-refractivity contribution in [1.82, 2.24) is 10.2 Å². The van der Waals surface area contributed by atoms with Crippen molar-refractivity contribution in [3.63, 3.8) is 0 Å². The highest BCUT2D eigenvalue weighted by molar-refractivity contribution is 5.20. The van der Waals surface area contributed by atoms with Crippen LogP contribution in [0.25, 0.3) is 0 Å². The molecule has 0 aromatic heterocycles. The maximum atomic E-state index is 3.63. The number of fused-ring (bicyclic) bond motifs is 1. The van der Waals surface area contributed by atoms with Crippen LogP contribution in [0.2, 0.25) is 0 Å². The quantitative estimate of drug-likeness (QED) is 0.895. The summed E-state index contributed by atoms with van der Waals surface area (Å²) in [4.78, 5) is 2.88. The summed E-state index contributed by atoms with van der Waals surface area (Å²) >= 11 is 0. The predicted octanol–water partition coefficient (Wildman–Crippen LogP) is 3.40. The summed E-state index contributed by atoms with van der Waals surface area (Å²) in [6.07, 6.45) is 8.45. The van der Waals surface area contributed by atoms with E-state index in [-0.39, 0.29) is 0 Å². The number of benzene rings is 1. The molecule has 2 nitrogen and oxygen atoms in total. The minimum atomic E-state index is 0.810. The summed E-state index contributed by atoms with van der Waals surface area (Å²) in [5.41, 5.74) is 1.56. The van der Waals surface area contributed by atoms with Gasteiger partial charge >= 0.3 is 0 Å². The van der Waals surface area contributed by atoms with Gasteiger partial charge in [-0.1, -0.05) is 30.3 Å². The average molecular weight is 284 g/mol. The lowest BCUT2D eigenvalue weighted by Crippen LogP contribution is -2.51. The van der Waals surface area contributed by atoms with E-state index in [0.717, 1.165) is 23.9 Å². The lowest BCUT2D eigenvalue weighted by molar-refractivity contribution is 0.0553. The molecule has 2 heteroatoms. The first kappa shape index (κ1) is 13.8. The third-order valence-electron chi connectivity index (χ3n) is 6.16. The van der Waals surface area contributed by atoms with Gasteiger partial charge in [0.25, 0.3) is 0 Å². The SMILES string of the molecule is c1ccc(C2CCC(N3CCCC4CNCC43)CC2)cc1. The Morgan fingerprint density at radius 2 is 1.71 bits per heavy atom. The van der Waals surface area contributed by atoms with E-state index in [1.807, 2.05) is 0 Å². The van der Waals surface area contributed by atoms with Crippen LogP contribution in [-0.4, -0.2) is 36.6 Å². The van der Waals surface area contributed by atoms with E-state index in [4.69, 9.17) is 0 Å². The molecule has 21 heavy (non-hydrogen) atoms. The number of likely N-dealkylation sites (tertiary alicyclic amines) is 1. The maximum Gasteiger partial charge on any atom is 0.0263 e. The van der Waals surface area contributed by atoms with Crippen LogP contribution in [0.1, 0.15) is 50.0 Å². The van der Waals surface area contributed by atoms with Crippen LogP contribution >= 0.6 is 0 Å². The van der Waals surface area contributed by atoms with E-state index in [1.54, 1.807) is 5.56 Å².